The first-order valence-corrected chi connectivity index (χ1v) is 7.02. The van der Waals surface area contributed by atoms with Crippen molar-refractivity contribution in [3.05, 3.63) is 27.7 Å². The molecule has 0 aliphatic rings. The fourth-order valence-electron chi connectivity index (χ4n) is 1.45. The van der Waals surface area contributed by atoms with E-state index in [-0.39, 0.29) is 11.4 Å². The van der Waals surface area contributed by atoms with Gasteiger partial charge in [0.25, 0.3) is 0 Å². The molecule has 2 N–H and O–H groups in total. The molecule has 0 fully saturated rings. The van der Waals surface area contributed by atoms with Crippen LogP contribution in [0.2, 0.25) is 10.0 Å². The van der Waals surface area contributed by atoms with E-state index in [1.807, 2.05) is 20.8 Å². The van der Waals surface area contributed by atoms with Crippen molar-refractivity contribution in [2.75, 3.05) is 13.7 Å². The number of urea groups is 1. The highest BCUT2D eigenvalue weighted by Gasteiger charge is 2.12. The van der Waals surface area contributed by atoms with E-state index in [2.05, 4.69) is 10.6 Å². The van der Waals surface area contributed by atoms with Crippen molar-refractivity contribution in [2.45, 2.75) is 27.3 Å². The van der Waals surface area contributed by atoms with Crippen LogP contribution >= 0.6 is 23.2 Å². The molecule has 0 saturated carbocycles. The third-order valence-electron chi connectivity index (χ3n) is 2.54. The van der Waals surface area contributed by atoms with Crippen LogP contribution in [0.1, 0.15) is 26.3 Å². The lowest BCUT2D eigenvalue weighted by Crippen LogP contribution is -2.39. The molecule has 0 bridgehead atoms. The second kappa shape index (κ2) is 7.04. The summed E-state index contributed by atoms with van der Waals surface area (Å²) in [6, 6.07) is 3.09. The Balaban J connectivity index is 2.58. The Hall–Kier alpha value is -1.13. The molecule has 0 aliphatic carbocycles. The summed E-state index contributed by atoms with van der Waals surface area (Å²) < 4.78 is 5.07. The second-order valence-electron chi connectivity index (χ2n) is 5.68. The van der Waals surface area contributed by atoms with Gasteiger partial charge in [-0.2, -0.15) is 0 Å². The Kier molecular flexibility index (Phi) is 5.96. The minimum absolute atomic E-state index is 0.0401. The van der Waals surface area contributed by atoms with Gasteiger partial charge in [0.15, 0.2) is 0 Å². The zero-order valence-electron chi connectivity index (χ0n) is 12.1. The van der Waals surface area contributed by atoms with Crippen molar-refractivity contribution >= 4 is 29.2 Å². The maximum absolute atomic E-state index is 11.7. The van der Waals surface area contributed by atoms with Gasteiger partial charge in [-0.05, 0) is 17.0 Å². The molecule has 1 aromatic carbocycles. The van der Waals surface area contributed by atoms with Gasteiger partial charge in [0.2, 0.25) is 0 Å². The van der Waals surface area contributed by atoms with E-state index < -0.39 is 0 Å². The Labute approximate surface area is 129 Å². The highest BCUT2D eigenvalue weighted by Crippen LogP contribution is 2.30. The molecule has 20 heavy (non-hydrogen) atoms. The summed E-state index contributed by atoms with van der Waals surface area (Å²) in [6.07, 6.45) is 0. The van der Waals surface area contributed by atoms with Crippen LogP contribution in [-0.2, 0) is 6.54 Å². The van der Waals surface area contributed by atoms with Crippen molar-refractivity contribution in [3.63, 3.8) is 0 Å². The number of nitrogens with one attached hydrogen (secondary N) is 2. The topological polar surface area (TPSA) is 50.4 Å². The van der Waals surface area contributed by atoms with Crippen LogP contribution in [0.25, 0.3) is 0 Å². The molecule has 6 heteroatoms. The van der Waals surface area contributed by atoms with Crippen LogP contribution in [-0.4, -0.2) is 19.7 Å². The van der Waals surface area contributed by atoms with Crippen LogP contribution in [0, 0.1) is 5.41 Å². The van der Waals surface area contributed by atoms with Gasteiger partial charge in [-0.3, -0.25) is 0 Å². The van der Waals surface area contributed by atoms with Crippen LogP contribution in [0.15, 0.2) is 12.1 Å². The van der Waals surface area contributed by atoms with Gasteiger partial charge in [-0.15, -0.1) is 0 Å². The number of ether oxygens (including phenoxy) is 1. The van der Waals surface area contributed by atoms with E-state index >= 15 is 0 Å². The van der Waals surface area contributed by atoms with E-state index in [4.69, 9.17) is 27.9 Å². The van der Waals surface area contributed by atoms with Gasteiger partial charge >= 0.3 is 6.03 Å². The number of rotatable bonds is 4. The molecular formula is C14H20Cl2N2O2. The van der Waals surface area contributed by atoms with Crippen LogP contribution in [0.3, 0.4) is 0 Å². The molecule has 0 aromatic heterocycles. The molecule has 0 heterocycles. The number of carbonyl (C=O) groups excluding carboxylic acids is 1. The summed E-state index contributed by atoms with van der Waals surface area (Å²) in [5, 5.41) is 6.51. The fraction of sp³-hybridized carbons (Fsp3) is 0.500. The lowest BCUT2D eigenvalue weighted by atomic mass is 9.97. The lowest BCUT2D eigenvalue weighted by molar-refractivity contribution is 0.235. The monoisotopic (exact) mass is 318 g/mol. The van der Waals surface area contributed by atoms with Gasteiger partial charge < -0.3 is 15.4 Å². The van der Waals surface area contributed by atoms with Gasteiger partial charge in [0.1, 0.15) is 5.75 Å². The highest BCUT2D eigenvalue weighted by atomic mass is 35.5. The summed E-state index contributed by atoms with van der Waals surface area (Å²) in [6.45, 7) is 7.04. The van der Waals surface area contributed by atoms with Crippen LogP contribution in [0.5, 0.6) is 5.75 Å². The third-order valence-corrected chi connectivity index (χ3v) is 3.19. The molecule has 1 aromatic rings. The standard InChI is InChI=1S/C14H20Cl2N2O2/c1-14(2,3)8-18-13(19)17-7-9-5-11(16)12(20-4)6-10(9)15/h5-6H,7-8H2,1-4H3,(H2,17,18,19). The Bertz CT molecular complexity index is 485. The Morgan fingerprint density at radius 1 is 1.20 bits per heavy atom. The maximum Gasteiger partial charge on any atom is 0.315 e. The van der Waals surface area contributed by atoms with Crippen molar-refractivity contribution < 1.29 is 9.53 Å². The Morgan fingerprint density at radius 3 is 2.40 bits per heavy atom. The number of hydrogen-bond acceptors (Lipinski definition) is 2. The molecule has 0 saturated heterocycles. The van der Waals surface area contributed by atoms with Gasteiger partial charge in [0.05, 0.1) is 12.1 Å². The van der Waals surface area contributed by atoms with Gasteiger partial charge in [-0.1, -0.05) is 44.0 Å². The molecule has 0 aliphatic heterocycles. The van der Waals surface area contributed by atoms with Crippen molar-refractivity contribution in [1.29, 1.82) is 0 Å². The second-order valence-corrected chi connectivity index (χ2v) is 6.49. The number of amides is 2. The van der Waals surface area contributed by atoms with Crippen molar-refractivity contribution in [2.24, 2.45) is 5.41 Å². The molecule has 0 atom stereocenters. The molecule has 4 nitrogen and oxygen atoms in total. The SMILES string of the molecule is COc1cc(Cl)c(CNC(=O)NCC(C)(C)C)cc1Cl. The predicted octanol–water partition coefficient (Wildman–Crippen LogP) is 3.85. The van der Waals surface area contributed by atoms with Crippen LogP contribution in [0.4, 0.5) is 4.79 Å². The van der Waals surface area contributed by atoms with Gasteiger partial charge in [0, 0.05) is 24.2 Å². The zero-order chi connectivity index (χ0) is 15.3. The highest BCUT2D eigenvalue weighted by molar-refractivity contribution is 6.34. The lowest BCUT2D eigenvalue weighted by Gasteiger charge is -2.19. The molecule has 1 rings (SSSR count). The molecule has 0 unspecified atom stereocenters. The number of carbonyl (C=O) groups is 1. The number of methoxy groups -OCH3 is 1. The van der Waals surface area contributed by atoms with Crippen molar-refractivity contribution in [1.82, 2.24) is 10.6 Å². The summed E-state index contributed by atoms with van der Waals surface area (Å²) in [5.41, 5.74) is 0.779. The minimum Gasteiger partial charge on any atom is -0.495 e. The molecule has 0 radical (unpaired) electrons. The first-order valence-electron chi connectivity index (χ1n) is 6.26. The minimum atomic E-state index is -0.233. The molecule has 0 spiro atoms. The van der Waals surface area contributed by atoms with E-state index in [9.17, 15) is 4.79 Å². The van der Waals surface area contributed by atoms with E-state index in [0.29, 0.717) is 28.9 Å². The largest absolute Gasteiger partial charge is 0.495 e. The zero-order valence-corrected chi connectivity index (χ0v) is 13.7. The summed E-state index contributed by atoms with van der Waals surface area (Å²) in [7, 11) is 1.52. The summed E-state index contributed by atoms with van der Waals surface area (Å²) >= 11 is 12.1. The summed E-state index contributed by atoms with van der Waals surface area (Å²) in [5.74, 6) is 0.512. The summed E-state index contributed by atoms with van der Waals surface area (Å²) in [4.78, 5) is 11.7. The average Bonchev–Trinajstić information content (AvgIpc) is 2.36. The first-order chi connectivity index (χ1) is 9.23. The van der Waals surface area contributed by atoms with E-state index in [1.54, 1.807) is 12.1 Å². The fourth-order valence-corrected chi connectivity index (χ4v) is 1.93. The smallest absolute Gasteiger partial charge is 0.315 e. The number of halogens is 2. The molecule has 2 amide bonds. The van der Waals surface area contributed by atoms with Gasteiger partial charge in [-0.25, -0.2) is 4.79 Å². The number of benzene rings is 1. The predicted molar refractivity (Wildman–Crippen MR) is 82.7 cm³/mol. The van der Waals surface area contributed by atoms with Crippen molar-refractivity contribution in [3.8, 4) is 5.75 Å². The average molecular weight is 319 g/mol. The number of hydrogen-bond donors (Lipinski definition) is 2. The van der Waals surface area contributed by atoms with E-state index in [1.165, 1.54) is 7.11 Å². The third kappa shape index (κ3) is 5.47. The van der Waals surface area contributed by atoms with Crippen LogP contribution < -0.4 is 15.4 Å². The molecule has 112 valence electrons. The van der Waals surface area contributed by atoms with E-state index in [0.717, 1.165) is 5.56 Å². The quantitative estimate of drug-likeness (QED) is 0.886. The maximum atomic E-state index is 11.7. The molecular weight excluding hydrogens is 299 g/mol. The Morgan fingerprint density at radius 2 is 1.85 bits per heavy atom. The first kappa shape index (κ1) is 16.9. The normalized spacial score (nSPS) is 11.1.